The Bertz CT molecular complexity index is 239. The molecule has 1 saturated carbocycles. The van der Waals surface area contributed by atoms with Gasteiger partial charge in [0.2, 0.25) is 0 Å². The van der Waals surface area contributed by atoms with Crippen LogP contribution < -0.4 is 5.73 Å². The molecule has 2 heteroatoms. The lowest BCUT2D eigenvalue weighted by atomic mass is 9.98. The topological polar surface area (TPSA) is 38.9 Å². The summed E-state index contributed by atoms with van der Waals surface area (Å²) in [5.74, 6) is 0. The number of aromatic nitrogens is 1. The maximum absolute atomic E-state index is 5.68. The van der Waals surface area contributed by atoms with E-state index in [2.05, 4.69) is 17.1 Å². The second kappa shape index (κ2) is 2.31. The molecule has 11 heavy (non-hydrogen) atoms. The molecule has 58 valence electrons. The summed E-state index contributed by atoms with van der Waals surface area (Å²) in [6.07, 6.45) is 6.16. The fourth-order valence-corrected chi connectivity index (χ4v) is 1.47. The van der Waals surface area contributed by atoms with Gasteiger partial charge in [-0.05, 0) is 30.5 Å². The summed E-state index contributed by atoms with van der Waals surface area (Å²) < 4.78 is 0. The quantitative estimate of drug-likeness (QED) is 0.681. The number of nitrogens with zero attached hydrogens (tertiary/aromatic N) is 1. The zero-order valence-electron chi connectivity index (χ0n) is 6.46. The highest BCUT2D eigenvalue weighted by molar-refractivity contribution is 5.29. The number of pyridine rings is 1. The third-order valence-corrected chi connectivity index (χ3v) is 2.54. The van der Waals surface area contributed by atoms with Crippen LogP contribution in [-0.2, 0) is 5.41 Å². The summed E-state index contributed by atoms with van der Waals surface area (Å²) in [5.41, 5.74) is 7.36. The smallest absolute Gasteiger partial charge is 0.0270 e. The number of rotatable bonds is 2. The van der Waals surface area contributed by atoms with Gasteiger partial charge in [0.05, 0.1) is 0 Å². The first-order valence-corrected chi connectivity index (χ1v) is 3.98. The van der Waals surface area contributed by atoms with Crippen molar-refractivity contribution < 1.29 is 0 Å². The van der Waals surface area contributed by atoms with Gasteiger partial charge in [0.25, 0.3) is 0 Å². The fraction of sp³-hybridized carbons (Fsp3) is 0.444. The van der Waals surface area contributed by atoms with Crippen molar-refractivity contribution in [3.8, 4) is 0 Å². The van der Waals surface area contributed by atoms with Crippen molar-refractivity contribution in [2.45, 2.75) is 18.3 Å². The highest BCUT2D eigenvalue weighted by Gasteiger charge is 2.42. The molecule has 0 spiro atoms. The molecular weight excluding hydrogens is 136 g/mol. The highest BCUT2D eigenvalue weighted by Crippen LogP contribution is 2.46. The standard InChI is InChI=1S/C9H12N2/c10-7-9(3-4-9)8-1-5-11-6-2-8/h1-2,5-6H,3-4,7,10H2. The molecule has 1 aromatic rings. The maximum atomic E-state index is 5.68. The van der Waals surface area contributed by atoms with Crippen molar-refractivity contribution >= 4 is 0 Å². The van der Waals surface area contributed by atoms with Crippen LogP contribution in [0.5, 0.6) is 0 Å². The number of hydrogen-bond acceptors (Lipinski definition) is 2. The van der Waals surface area contributed by atoms with Gasteiger partial charge in [-0.2, -0.15) is 0 Å². The third kappa shape index (κ3) is 1.03. The van der Waals surface area contributed by atoms with E-state index in [1.165, 1.54) is 18.4 Å². The van der Waals surface area contributed by atoms with Crippen molar-refractivity contribution in [1.29, 1.82) is 0 Å². The normalized spacial score (nSPS) is 19.7. The third-order valence-electron chi connectivity index (χ3n) is 2.54. The number of hydrogen-bond donors (Lipinski definition) is 1. The fourth-order valence-electron chi connectivity index (χ4n) is 1.47. The minimum absolute atomic E-state index is 0.322. The summed E-state index contributed by atoms with van der Waals surface area (Å²) in [6, 6.07) is 4.14. The molecule has 1 aliphatic rings. The molecule has 1 aliphatic carbocycles. The Morgan fingerprint density at radius 2 is 2.00 bits per heavy atom. The average Bonchev–Trinajstić information content (AvgIpc) is 2.86. The Morgan fingerprint density at radius 3 is 2.45 bits per heavy atom. The lowest BCUT2D eigenvalue weighted by molar-refractivity contribution is 0.703. The lowest BCUT2D eigenvalue weighted by Gasteiger charge is -2.10. The summed E-state index contributed by atoms with van der Waals surface area (Å²) in [5, 5.41) is 0. The molecule has 0 atom stereocenters. The van der Waals surface area contributed by atoms with Crippen molar-refractivity contribution in [3.05, 3.63) is 30.1 Å². The first-order chi connectivity index (χ1) is 5.37. The van der Waals surface area contributed by atoms with Gasteiger partial charge in [0, 0.05) is 24.4 Å². The van der Waals surface area contributed by atoms with E-state index in [0.29, 0.717) is 5.41 Å². The van der Waals surface area contributed by atoms with E-state index in [1.807, 2.05) is 12.4 Å². The van der Waals surface area contributed by atoms with Gasteiger partial charge in [-0.3, -0.25) is 4.98 Å². The molecule has 0 unspecified atom stereocenters. The van der Waals surface area contributed by atoms with Gasteiger partial charge in [-0.15, -0.1) is 0 Å². The molecule has 0 saturated heterocycles. The monoisotopic (exact) mass is 148 g/mol. The minimum Gasteiger partial charge on any atom is -0.330 e. The van der Waals surface area contributed by atoms with E-state index < -0.39 is 0 Å². The highest BCUT2D eigenvalue weighted by atomic mass is 14.7. The molecule has 0 aromatic carbocycles. The molecule has 1 heterocycles. The first-order valence-electron chi connectivity index (χ1n) is 3.98. The van der Waals surface area contributed by atoms with Crippen LogP contribution in [0.3, 0.4) is 0 Å². The Labute approximate surface area is 66.4 Å². The lowest BCUT2D eigenvalue weighted by Crippen LogP contribution is -2.19. The SMILES string of the molecule is NCC1(c2ccncc2)CC1. The molecule has 0 amide bonds. The van der Waals surface area contributed by atoms with E-state index in [9.17, 15) is 0 Å². The van der Waals surface area contributed by atoms with Crippen LogP contribution in [0, 0.1) is 0 Å². The van der Waals surface area contributed by atoms with Crippen LogP contribution in [0.4, 0.5) is 0 Å². The molecule has 2 N–H and O–H groups in total. The Hall–Kier alpha value is -0.890. The Balaban J connectivity index is 2.30. The molecule has 2 nitrogen and oxygen atoms in total. The molecule has 0 bridgehead atoms. The van der Waals surface area contributed by atoms with Crippen LogP contribution >= 0.6 is 0 Å². The van der Waals surface area contributed by atoms with Gasteiger partial charge in [0.15, 0.2) is 0 Å². The summed E-state index contributed by atoms with van der Waals surface area (Å²) in [6.45, 7) is 0.775. The van der Waals surface area contributed by atoms with Crippen molar-refractivity contribution in [2.24, 2.45) is 5.73 Å². The van der Waals surface area contributed by atoms with Crippen molar-refractivity contribution in [1.82, 2.24) is 4.98 Å². The molecule has 0 radical (unpaired) electrons. The maximum Gasteiger partial charge on any atom is 0.0270 e. The van der Waals surface area contributed by atoms with Gasteiger partial charge >= 0.3 is 0 Å². The summed E-state index contributed by atoms with van der Waals surface area (Å²) >= 11 is 0. The minimum atomic E-state index is 0.322. The van der Waals surface area contributed by atoms with Crippen molar-refractivity contribution in [2.75, 3.05) is 6.54 Å². The Morgan fingerprint density at radius 1 is 1.36 bits per heavy atom. The van der Waals surface area contributed by atoms with Crippen LogP contribution in [0.15, 0.2) is 24.5 Å². The predicted molar refractivity (Wildman–Crippen MR) is 44.2 cm³/mol. The van der Waals surface area contributed by atoms with E-state index in [1.54, 1.807) is 0 Å². The first kappa shape index (κ1) is 6.80. The van der Waals surface area contributed by atoms with E-state index >= 15 is 0 Å². The summed E-state index contributed by atoms with van der Waals surface area (Å²) in [4.78, 5) is 3.98. The van der Waals surface area contributed by atoms with Gasteiger partial charge < -0.3 is 5.73 Å². The molecule has 1 fully saturated rings. The average molecular weight is 148 g/mol. The second-order valence-corrected chi connectivity index (χ2v) is 3.22. The van der Waals surface area contributed by atoms with E-state index in [-0.39, 0.29) is 0 Å². The molecular formula is C9H12N2. The van der Waals surface area contributed by atoms with E-state index in [0.717, 1.165) is 6.54 Å². The van der Waals surface area contributed by atoms with Gasteiger partial charge in [-0.25, -0.2) is 0 Å². The van der Waals surface area contributed by atoms with Gasteiger partial charge in [-0.1, -0.05) is 0 Å². The van der Waals surface area contributed by atoms with Gasteiger partial charge in [0.1, 0.15) is 0 Å². The predicted octanol–water partition coefficient (Wildman–Crippen LogP) is 1.07. The van der Waals surface area contributed by atoms with Crippen LogP contribution in [0.2, 0.25) is 0 Å². The zero-order chi connectivity index (χ0) is 7.73. The largest absolute Gasteiger partial charge is 0.330 e. The van der Waals surface area contributed by atoms with Crippen molar-refractivity contribution in [3.63, 3.8) is 0 Å². The Kier molecular flexibility index (Phi) is 1.43. The molecule has 1 aromatic heterocycles. The zero-order valence-corrected chi connectivity index (χ0v) is 6.46. The van der Waals surface area contributed by atoms with Crippen LogP contribution in [0.1, 0.15) is 18.4 Å². The summed E-state index contributed by atoms with van der Waals surface area (Å²) in [7, 11) is 0. The molecule has 0 aliphatic heterocycles. The molecule has 2 rings (SSSR count). The van der Waals surface area contributed by atoms with Crippen LogP contribution in [0.25, 0.3) is 0 Å². The van der Waals surface area contributed by atoms with Crippen LogP contribution in [-0.4, -0.2) is 11.5 Å². The number of nitrogens with two attached hydrogens (primary N) is 1. The van der Waals surface area contributed by atoms with E-state index in [4.69, 9.17) is 5.73 Å². The second-order valence-electron chi connectivity index (χ2n) is 3.22.